The average molecular weight is 888 g/mol. The maximum Gasteiger partial charge on any atom is 0.296 e. The van der Waals surface area contributed by atoms with Gasteiger partial charge in [0.25, 0.3) is 11.8 Å². The number of nitrogens with two attached hydrogens (primary N) is 3. The highest BCUT2D eigenvalue weighted by Gasteiger charge is 2.17. The molecule has 16 heteroatoms. The first-order chi connectivity index (χ1) is 30.2. The molecule has 0 aliphatic carbocycles. The lowest BCUT2D eigenvalue weighted by Crippen LogP contribution is -2.32. The van der Waals surface area contributed by atoms with Crippen LogP contribution in [0.25, 0.3) is 32.2 Å². The number of thioether (sulfide) groups is 1. The second kappa shape index (κ2) is 23.9. The largest absolute Gasteiger partial charge is 0.393 e. The molecule has 3 aromatic carbocycles. The molecule has 0 spiro atoms. The summed E-state index contributed by atoms with van der Waals surface area (Å²) >= 11 is 3.14. The van der Waals surface area contributed by atoms with E-state index in [1.54, 1.807) is 11.3 Å². The Balaban J connectivity index is 0.00000748. The van der Waals surface area contributed by atoms with Crippen molar-refractivity contribution in [2.75, 3.05) is 68.3 Å². The fourth-order valence-electron chi connectivity index (χ4n) is 6.63. The van der Waals surface area contributed by atoms with Gasteiger partial charge < -0.3 is 42.0 Å². The first-order valence-electron chi connectivity index (χ1n) is 20.5. The van der Waals surface area contributed by atoms with Gasteiger partial charge in [0, 0.05) is 100 Å². The molecule has 2 amide bonds. The van der Waals surface area contributed by atoms with E-state index in [9.17, 15) is 9.59 Å². The van der Waals surface area contributed by atoms with Crippen molar-refractivity contribution in [2.45, 2.75) is 52.5 Å². The number of nitrogen functional groups attached to an aromatic ring is 1. The first kappa shape index (κ1) is 47.9. The summed E-state index contributed by atoms with van der Waals surface area (Å²) in [4.78, 5) is 34.9. The van der Waals surface area contributed by atoms with Gasteiger partial charge in [-0.3, -0.25) is 14.6 Å². The Hall–Kier alpha value is -6.11. The van der Waals surface area contributed by atoms with Gasteiger partial charge in [0.05, 0.1) is 19.8 Å². The van der Waals surface area contributed by atoms with Crippen molar-refractivity contribution in [1.29, 1.82) is 0 Å². The third-order valence-corrected chi connectivity index (χ3v) is 11.6. The van der Waals surface area contributed by atoms with Crippen LogP contribution in [0.5, 0.6) is 0 Å². The van der Waals surface area contributed by atoms with Gasteiger partial charge in [-0.15, -0.1) is 11.3 Å². The van der Waals surface area contributed by atoms with Gasteiger partial charge in [-0.1, -0.05) is 68.3 Å². The van der Waals surface area contributed by atoms with E-state index in [1.165, 1.54) is 44.1 Å². The molecular weight excluding hydrogens is 831 g/mol. The number of fused-ring (bicyclic) bond motifs is 3. The second-order valence-corrected chi connectivity index (χ2v) is 16.1. The number of amides is 2. The van der Waals surface area contributed by atoms with Crippen LogP contribution < -0.4 is 43.6 Å². The highest BCUT2D eigenvalue weighted by molar-refractivity contribution is 7.99. The van der Waals surface area contributed by atoms with Gasteiger partial charge in [-0.05, 0) is 73.5 Å². The predicted molar refractivity (Wildman–Crippen MR) is 260 cm³/mol. The van der Waals surface area contributed by atoms with E-state index in [0.29, 0.717) is 47.7 Å². The normalized spacial score (nSPS) is 10.7. The van der Waals surface area contributed by atoms with E-state index in [-0.39, 0.29) is 39.6 Å². The Labute approximate surface area is 378 Å². The second-order valence-electron chi connectivity index (χ2n) is 14.2. The number of rotatable bonds is 19. The maximum absolute atomic E-state index is 12.4. The molecule has 0 aliphatic rings. The van der Waals surface area contributed by atoms with E-state index in [2.05, 4.69) is 110 Å². The van der Waals surface area contributed by atoms with Gasteiger partial charge in [0.2, 0.25) is 0 Å². The molecule has 0 saturated carbocycles. The van der Waals surface area contributed by atoms with Crippen molar-refractivity contribution >= 4 is 74.0 Å². The Morgan fingerprint density at radius 2 is 1.59 bits per heavy atom. The molecule has 6 aromatic rings. The molecule has 0 radical (unpaired) electrons. The molecule has 330 valence electrons. The van der Waals surface area contributed by atoms with Crippen molar-refractivity contribution in [2.24, 2.45) is 11.6 Å². The highest BCUT2D eigenvalue weighted by Crippen LogP contribution is 2.35. The zero-order chi connectivity index (χ0) is 43.8. The number of carbonyl (C=O) groups is 2. The molecular formula is C47H57N11O3S2. The molecule has 0 bridgehead atoms. The van der Waals surface area contributed by atoms with Crippen LogP contribution in [0.4, 0.5) is 17.3 Å². The van der Waals surface area contributed by atoms with Crippen LogP contribution >= 0.6 is 23.1 Å². The SMILES string of the molecule is C.CCCSc1nc(NCCN)c(N)c(N(N)Cc2ccc(C#CC(=O)NCCOCCNC(=O)C#Cc3csc(-c4ccc5c6cc(CNC)ccc6n(CC)c5c4)c3)cc2)n1. The third kappa shape index (κ3) is 13.0. The molecule has 14 nitrogen and oxygen atoms in total. The van der Waals surface area contributed by atoms with Crippen LogP contribution in [0.1, 0.15) is 49.9 Å². The minimum atomic E-state index is -0.426. The highest BCUT2D eigenvalue weighted by atomic mass is 32.2. The molecule has 0 unspecified atom stereocenters. The van der Waals surface area contributed by atoms with Gasteiger partial charge in [0.1, 0.15) is 5.69 Å². The lowest BCUT2D eigenvalue weighted by molar-refractivity contribution is -0.116. The summed E-state index contributed by atoms with van der Waals surface area (Å²) in [7, 11) is 1.96. The quantitative estimate of drug-likeness (QED) is 0.0131. The summed E-state index contributed by atoms with van der Waals surface area (Å²) in [5.74, 6) is 18.5. The van der Waals surface area contributed by atoms with Crippen LogP contribution in [0.3, 0.4) is 0 Å². The molecule has 3 heterocycles. The van der Waals surface area contributed by atoms with E-state index >= 15 is 0 Å². The third-order valence-electron chi connectivity index (χ3n) is 9.57. The molecule has 0 aliphatic heterocycles. The standard InChI is InChI=1S/C46H53N11O3S2.CH4/c1-4-24-61-46-54-44(53-19-18-47)43(48)45(55-46)57(49)29-32-8-6-31(7-9-32)11-16-41(58)51-20-22-60-23-21-52-42(59)17-12-34-26-40(62-30-34)35-13-14-36-37-25-33(28-50-3)10-15-38(37)56(5-2)39(36)27-35;/h6-10,13-15,25-27,30,50H,4-5,18-24,28-29,47-49H2,1-3H3,(H,51,58)(H,52,59)(H,53,54,55);1H4. The lowest BCUT2D eigenvalue weighted by Gasteiger charge is -2.21. The summed E-state index contributed by atoms with van der Waals surface area (Å²) in [6.07, 6.45) is 0.974. The number of hydrogen-bond acceptors (Lipinski definition) is 13. The zero-order valence-corrected chi connectivity index (χ0v) is 36.9. The minimum absolute atomic E-state index is 0. The van der Waals surface area contributed by atoms with Gasteiger partial charge in [-0.2, -0.15) is 0 Å². The Morgan fingerprint density at radius 3 is 2.27 bits per heavy atom. The van der Waals surface area contributed by atoms with Gasteiger partial charge >= 0.3 is 0 Å². The van der Waals surface area contributed by atoms with Crippen molar-refractivity contribution < 1.29 is 14.3 Å². The molecule has 10 N–H and O–H groups in total. The summed E-state index contributed by atoms with van der Waals surface area (Å²) in [6.45, 7) is 8.32. The van der Waals surface area contributed by atoms with Crippen LogP contribution in [0.15, 0.2) is 77.3 Å². The van der Waals surface area contributed by atoms with Gasteiger partial charge in [0.15, 0.2) is 16.8 Å². The minimum Gasteiger partial charge on any atom is -0.393 e. The van der Waals surface area contributed by atoms with E-state index < -0.39 is 5.91 Å². The summed E-state index contributed by atoms with van der Waals surface area (Å²) in [5, 5.41) is 18.4. The number of anilines is 3. The number of thiophene rings is 1. The number of benzene rings is 3. The van der Waals surface area contributed by atoms with E-state index in [0.717, 1.165) is 46.8 Å². The summed E-state index contributed by atoms with van der Waals surface area (Å²) < 4.78 is 7.91. The molecule has 0 atom stereocenters. The first-order valence-corrected chi connectivity index (χ1v) is 22.4. The topological polar surface area (TPSA) is 204 Å². The van der Waals surface area contributed by atoms with Crippen molar-refractivity contribution in [3.05, 3.63) is 94.4 Å². The van der Waals surface area contributed by atoms with Crippen LogP contribution in [0.2, 0.25) is 0 Å². The fraction of sp³-hybridized carbons (Fsp3) is 0.319. The summed E-state index contributed by atoms with van der Waals surface area (Å²) in [5.41, 5.74) is 19.5. The molecule has 0 fully saturated rings. The number of nitrogens with zero attached hydrogens (tertiary/aromatic N) is 4. The van der Waals surface area contributed by atoms with Crippen LogP contribution in [-0.2, 0) is 34.0 Å². The van der Waals surface area contributed by atoms with E-state index in [4.69, 9.17) is 22.0 Å². The molecule has 3 aromatic heterocycles. The Bertz CT molecular complexity index is 2620. The zero-order valence-electron chi connectivity index (χ0n) is 35.3. The Kier molecular flexibility index (Phi) is 18.2. The maximum atomic E-state index is 12.4. The Morgan fingerprint density at radius 1 is 0.873 bits per heavy atom. The number of ether oxygens (including phenoxy) is 1. The van der Waals surface area contributed by atoms with Crippen LogP contribution in [-0.4, -0.2) is 78.5 Å². The molecule has 0 saturated heterocycles. The smallest absolute Gasteiger partial charge is 0.296 e. The fourth-order valence-corrected chi connectivity index (χ4v) is 8.17. The number of aromatic nitrogens is 3. The average Bonchev–Trinajstić information content (AvgIpc) is 3.89. The van der Waals surface area contributed by atoms with Crippen molar-refractivity contribution in [3.8, 4) is 34.1 Å². The number of aryl methyl sites for hydroxylation is 1. The number of carbonyl (C=O) groups excluding carboxylic acids is 2. The van der Waals surface area contributed by atoms with E-state index in [1.807, 2.05) is 42.8 Å². The van der Waals surface area contributed by atoms with Crippen molar-refractivity contribution in [1.82, 2.24) is 30.5 Å². The number of hydrazine groups is 1. The predicted octanol–water partition coefficient (Wildman–Crippen LogP) is 5.68. The molecule has 6 rings (SSSR count). The monoisotopic (exact) mass is 887 g/mol. The molecule has 63 heavy (non-hydrogen) atoms. The lowest BCUT2D eigenvalue weighted by atomic mass is 10.1. The van der Waals surface area contributed by atoms with Crippen LogP contribution in [0, 0.1) is 23.7 Å². The van der Waals surface area contributed by atoms with Gasteiger partial charge in [-0.25, -0.2) is 15.8 Å². The summed E-state index contributed by atoms with van der Waals surface area (Å²) in [6, 6.07) is 22.7. The number of nitrogens with one attached hydrogen (secondary N) is 4. The van der Waals surface area contributed by atoms with Crippen molar-refractivity contribution in [3.63, 3.8) is 0 Å². The number of hydrogen-bond donors (Lipinski definition) is 7.